The fourth-order valence-electron chi connectivity index (χ4n) is 5.51. The third kappa shape index (κ3) is 2.72. The summed E-state index contributed by atoms with van der Waals surface area (Å²) in [7, 11) is 0. The minimum absolute atomic E-state index is 0.154. The van der Waals surface area contributed by atoms with Crippen LogP contribution in [0.5, 0.6) is 0 Å². The van der Waals surface area contributed by atoms with E-state index in [0.29, 0.717) is 5.56 Å². The van der Waals surface area contributed by atoms with Gasteiger partial charge in [0.1, 0.15) is 0 Å². The molecule has 2 heterocycles. The van der Waals surface area contributed by atoms with Crippen LogP contribution in [-0.2, 0) is 9.59 Å². The molecule has 1 saturated carbocycles. The van der Waals surface area contributed by atoms with Gasteiger partial charge in [-0.15, -0.1) is 0 Å². The number of imide groups is 1. The molecule has 1 aromatic carbocycles. The SMILES string of the molecule is Cc1c(C(=O)O)cccc1-n1c(C)cc(C=NN2C(=O)C3C4C=CC(C4)C3C2=O)c1C. The van der Waals surface area contributed by atoms with E-state index in [1.807, 2.05) is 30.5 Å². The molecule has 4 atom stereocenters. The van der Waals surface area contributed by atoms with E-state index in [1.54, 1.807) is 25.3 Å². The Hall–Kier alpha value is -3.48. The molecule has 0 radical (unpaired) electrons. The number of hydrogen-bond donors (Lipinski definition) is 1. The molecule has 5 rings (SSSR count). The van der Waals surface area contributed by atoms with Gasteiger partial charge in [0.05, 0.1) is 23.6 Å². The molecule has 2 bridgehead atoms. The molecule has 2 amide bonds. The number of fused-ring (bicyclic) bond motifs is 5. The van der Waals surface area contributed by atoms with Gasteiger partial charge in [0.25, 0.3) is 11.8 Å². The standard InChI is InChI=1S/C24H23N3O4/c1-12-9-17(14(3)26(12)19-6-4-5-18(13(19)2)24(30)31)11-25-27-22(28)20-15-7-8-16(10-15)21(20)23(27)29/h4-9,11,15-16,20-21H,10H2,1-3H3,(H,30,31). The monoisotopic (exact) mass is 417 g/mol. The van der Waals surface area contributed by atoms with E-state index in [0.717, 1.165) is 34.1 Å². The summed E-state index contributed by atoms with van der Waals surface area (Å²) in [6.07, 6.45) is 6.57. The summed E-state index contributed by atoms with van der Waals surface area (Å²) in [6, 6.07) is 7.10. The number of carbonyl (C=O) groups excluding carboxylic acids is 2. The lowest BCUT2D eigenvalue weighted by atomic mass is 9.85. The van der Waals surface area contributed by atoms with E-state index in [1.165, 1.54) is 0 Å². The molecule has 158 valence electrons. The molecule has 0 spiro atoms. The van der Waals surface area contributed by atoms with Crippen molar-refractivity contribution in [2.75, 3.05) is 0 Å². The Morgan fingerprint density at radius 2 is 1.74 bits per heavy atom. The average Bonchev–Trinajstić information content (AvgIpc) is 3.46. The van der Waals surface area contributed by atoms with Crippen LogP contribution in [0.25, 0.3) is 5.69 Å². The van der Waals surface area contributed by atoms with E-state index in [9.17, 15) is 19.5 Å². The summed E-state index contributed by atoms with van der Waals surface area (Å²) in [6.45, 7) is 5.62. The molecule has 3 aliphatic rings. The minimum atomic E-state index is -0.969. The molecule has 2 aliphatic carbocycles. The van der Waals surface area contributed by atoms with Crippen LogP contribution in [0.1, 0.15) is 39.3 Å². The summed E-state index contributed by atoms with van der Waals surface area (Å²) >= 11 is 0. The smallest absolute Gasteiger partial charge is 0.336 e. The van der Waals surface area contributed by atoms with Crippen LogP contribution in [0.15, 0.2) is 41.5 Å². The Balaban J connectivity index is 1.47. The zero-order valence-corrected chi connectivity index (χ0v) is 17.6. The van der Waals surface area contributed by atoms with Crippen molar-refractivity contribution in [3.05, 3.63) is 64.5 Å². The van der Waals surface area contributed by atoms with Gasteiger partial charge in [-0.1, -0.05) is 18.2 Å². The van der Waals surface area contributed by atoms with Gasteiger partial charge in [-0.25, -0.2) is 4.79 Å². The topological polar surface area (TPSA) is 92.0 Å². The normalized spacial score (nSPS) is 26.5. The number of nitrogens with zero attached hydrogens (tertiary/aromatic N) is 3. The number of aromatic carboxylic acids is 1. The fraction of sp³-hybridized carbons (Fsp3) is 0.333. The van der Waals surface area contributed by atoms with Gasteiger partial charge in [0, 0.05) is 22.6 Å². The molecule has 7 nitrogen and oxygen atoms in total. The third-order valence-corrected chi connectivity index (χ3v) is 7.01. The number of benzene rings is 1. The molecule has 2 aromatic rings. The molecule has 4 unspecified atom stereocenters. The summed E-state index contributed by atoms with van der Waals surface area (Å²) < 4.78 is 1.97. The highest BCUT2D eigenvalue weighted by Crippen LogP contribution is 2.52. The van der Waals surface area contributed by atoms with Crippen molar-refractivity contribution in [1.82, 2.24) is 9.58 Å². The van der Waals surface area contributed by atoms with E-state index >= 15 is 0 Å². The number of hydrazone groups is 1. The summed E-state index contributed by atoms with van der Waals surface area (Å²) in [4.78, 5) is 37.2. The molecule has 1 N–H and O–H groups in total. The number of hydrogen-bond acceptors (Lipinski definition) is 4. The maximum Gasteiger partial charge on any atom is 0.336 e. The predicted molar refractivity (Wildman–Crippen MR) is 114 cm³/mol. The van der Waals surface area contributed by atoms with Crippen molar-refractivity contribution in [3.63, 3.8) is 0 Å². The van der Waals surface area contributed by atoms with Crippen LogP contribution in [0.3, 0.4) is 0 Å². The van der Waals surface area contributed by atoms with E-state index in [4.69, 9.17) is 0 Å². The van der Waals surface area contributed by atoms with Crippen molar-refractivity contribution < 1.29 is 19.5 Å². The van der Waals surface area contributed by atoms with E-state index in [2.05, 4.69) is 17.3 Å². The van der Waals surface area contributed by atoms with Gasteiger partial charge in [0.2, 0.25) is 0 Å². The summed E-state index contributed by atoms with van der Waals surface area (Å²) in [5.74, 6) is -1.61. The van der Waals surface area contributed by atoms with E-state index in [-0.39, 0.29) is 41.0 Å². The Morgan fingerprint density at radius 1 is 1.10 bits per heavy atom. The Morgan fingerprint density at radius 3 is 2.35 bits per heavy atom. The molecular formula is C24H23N3O4. The largest absolute Gasteiger partial charge is 0.478 e. The lowest BCUT2D eigenvalue weighted by molar-refractivity contribution is -0.140. The fourth-order valence-corrected chi connectivity index (χ4v) is 5.51. The maximum atomic E-state index is 12.8. The highest BCUT2D eigenvalue weighted by Gasteiger charge is 2.59. The van der Waals surface area contributed by atoms with Crippen molar-refractivity contribution in [2.45, 2.75) is 27.2 Å². The van der Waals surface area contributed by atoms with Crippen molar-refractivity contribution >= 4 is 24.0 Å². The van der Waals surface area contributed by atoms with Crippen LogP contribution in [-0.4, -0.2) is 38.7 Å². The predicted octanol–water partition coefficient (Wildman–Crippen LogP) is 3.24. The zero-order chi connectivity index (χ0) is 22.0. The highest BCUT2D eigenvalue weighted by molar-refractivity contribution is 6.06. The van der Waals surface area contributed by atoms with Crippen LogP contribution in [0.2, 0.25) is 0 Å². The molecule has 2 fully saturated rings. The first kappa shape index (κ1) is 19.5. The number of rotatable bonds is 4. The lowest BCUT2D eigenvalue weighted by Crippen LogP contribution is -2.28. The Kier molecular flexibility index (Phi) is 4.25. The minimum Gasteiger partial charge on any atom is -0.478 e. The second-order valence-electron chi connectivity index (χ2n) is 8.65. The van der Waals surface area contributed by atoms with Gasteiger partial charge in [-0.3, -0.25) is 9.59 Å². The van der Waals surface area contributed by atoms with Gasteiger partial charge in [0.15, 0.2) is 0 Å². The van der Waals surface area contributed by atoms with Crippen molar-refractivity contribution in [3.8, 4) is 5.69 Å². The molecule has 1 aromatic heterocycles. The molecular weight excluding hydrogens is 394 g/mol. The second kappa shape index (κ2) is 6.77. The molecule has 31 heavy (non-hydrogen) atoms. The number of allylic oxidation sites excluding steroid dienone is 2. The Bertz CT molecular complexity index is 1180. The zero-order valence-electron chi connectivity index (χ0n) is 17.6. The Labute approximate surface area is 179 Å². The maximum absolute atomic E-state index is 12.8. The van der Waals surface area contributed by atoms with Gasteiger partial charge < -0.3 is 9.67 Å². The second-order valence-corrected chi connectivity index (χ2v) is 8.65. The lowest BCUT2D eigenvalue weighted by Gasteiger charge is -2.14. The van der Waals surface area contributed by atoms with Gasteiger partial charge in [-0.05, 0) is 62.8 Å². The van der Waals surface area contributed by atoms with Crippen LogP contribution < -0.4 is 0 Å². The number of amides is 2. The third-order valence-electron chi connectivity index (χ3n) is 7.01. The van der Waals surface area contributed by atoms with Gasteiger partial charge in [-0.2, -0.15) is 10.1 Å². The van der Waals surface area contributed by atoms with E-state index < -0.39 is 5.97 Å². The number of aryl methyl sites for hydroxylation is 1. The molecule has 7 heteroatoms. The average molecular weight is 417 g/mol. The summed E-state index contributed by atoms with van der Waals surface area (Å²) in [5.41, 5.74) is 4.23. The van der Waals surface area contributed by atoms with Gasteiger partial charge >= 0.3 is 5.97 Å². The van der Waals surface area contributed by atoms with Crippen LogP contribution in [0.4, 0.5) is 0 Å². The highest BCUT2D eigenvalue weighted by atomic mass is 16.4. The van der Waals surface area contributed by atoms with Crippen LogP contribution >= 0.6 is 0 Å². The summed E-state index contributed by atoms with van der Waals surface area (Å²) in [5, 5.41) is 14.8. The molecule has 1 aliphatic heterocycles. The van der Waals surface area contributed by atoms with Crippen LogP contribution in [0, 0.1) is 44.4 Å². The van der Waals surface area contributed by atoms with Crippen molar-refractivity contribution in [2.24, 2.45) is 28.8 Å². The number of carboxylic acid groups (broad SMARTS) is 1. The quantitative estimate of drug-likeness (QED) is 0.470. The first-order valence-corrected chi connectivity index (χ1v) is 10.4. The number of carboxylic acids is 1. The first-order valence-electron chi connectivity index (χ1n) is 10.4. The number of aromatic nitrogens is 1. The molecule has 1 saturated heterocycles. The number of carbonyl (C=O) groups is 3. The van der Waals surface area contributed by atoms with Crippen molar-refractivity contribution in [1.29, 1.82) is 0 Å². The first-order chi connectivity index (χ1) is 14.8.